The van der Waals surface area contributed by atoms with Crippen LogP contribution in [0.2, 0.25) is 0 Å². The third kappa shape index (κ3) is 2.94. The van der Waals surface area contributed by atoms with Crippen molar-refractivity contribution in [3.8, 4) is 0 Å². The summed E-state index contributed by atoms with van der Waals surface area (Å²) in [5.41, 5.74) is 1.02. The first kappa shape index (κ1) is 12.3. The standard InChI is InChI=1S/C13H22N4/c1-3-12-6-5-7-17(12)13-10-15-11(9-16-13)8-14-4-2/h9-10,12,14H,3-8H2,1-2H3. The van der Waals surface area contributed by atoms with Gasteiger partial charge in [-0.15, -0.1) is 0 Å². The van der Waals surface area contributed by atoms with Crippen LogP contribution in [0.5, 0.6) is 0 Å². The van der Waals surface area contributed by atoms with Crippen LogP contribution in [-0.2, 0) is 6.54 Å². The SMILES string of the molecule is CCNCc1cnc(N2CCCC2CC)cn1. The molecule has 1 aliphatic rings. The second-order valence-electron chi connectivity index (χ2n) is 4.54. The van der Waals surface area contributed by atoms with E-state index in [-0.39, 0.29) is 0 Å². The van der Waals surface area contributed by atoms with Crippen LogP contribution in [0.1, 0.15) is 38.8 Å². The van der Waals surface area contributed by atoms with Crippen LogP contribution < -0.4 is 10.2 Å². The zero-order valence-corrected chi connectivity index (χ0v) is 10.8. The Balaban J connectivity index is 2.01. The van der Waals surface area contributed by atoms with Crippen LogP contribution >= 0.6 is 0 Å². The van der Waals surface area contributed by atoms with E-state index in [1.165, 1.54) is 19.3 Å². The van der Waals surface area contributed by atoms with Crippen molar-refractivity contribution in [2.75, 3.05) is 18.0 Å². The number of anilines is 1. The number of nitrogens with one attached hydrogen (secondary N) is 1. The first-order chi connectivity index (χ1) is 8.35. The summed E-state index contributed by atoms with van der Waals surface area (Å²) in [5.74, 6) is 1.04. The minimum Gasteiger partial charge on any atom is -0.352 e. The van der Waals surface area contributed by atoms with Crippen molar-refractivity contribution in [3.05, 3.63) is 18.1 Å². The Morgan fingerprint density at radius 2 is 2.24 bits per heavy atom. The predicted octanol–water partition coefficient (Wildman–Crippen LogP) is 1.96. The van der Waals surface area contributed by atoms with Crippen LogP contribution in [0.25, 0.3) is 0 Å². The summed E-state index contributed by atoms with van der Waals surface area (Å²) < 4.78 is 0. The largest absolute Gasteiger partial charge is 0.352 e. The molecule has 1 unspecified atom stereocenters. The highest BCUT2D eigenvalue weighted by molar-refractivity contribution is 5.38. The smallest absolute Gasteiger partial charge is 0.147 e. The third-order valence-electron chi connectivity index (χ3n) is 3.39. The zero-order valence-electron chi connectivity index (χ0n) is 10.8. The second-order valence-corrected chi connectivity index (χ2v) is 4.54. The fourth-order valence-corrected chi connectivity index (χ4v) is 2.40. The van der Waals surface area contributed by atoms with Crippen molar-refractivity contribution in [3.63, 3.8) is 0 Å². The lowest BCUT2D eigenvalue weighted by atomic mass is 10.2. The van der Waals surface area contributed by atoms with Gasteiger partial charge in [0.1, 0.15) is 5.82 Å². The molecule has 0 radical (unpaired) electrons. The van der Waals surface area contributed by atoms with E-state index in [9.17, 15) is 0 Å². The van der Waals surface area contributed by atoms with Gasteiger partial charge < -0.3 is 10.2 Å². The second kappa shape index (κ2) is 5.96. The Kier molecular flexibility index (Phi) is 4.31. The molecule has 0 saturated carbocycles. The van der Waals surface area contributed by atoms with Crippen LogP contribution in [0, 0.1) is 0 Å². The van der Waals surface area contributed by atoms with Gasteiger partial charge in [0.25, 0.3) is 0 Å². The van der Waals surface area contributed by atoms with Crippen molar-refractivity contribution in [1.29, 1.82) is 0 Å². The van der Waals surface area contributed by atoms with Crippen molar-refractivity contribution in [1.82, 2.24) is 15.3 Å². The maximum Gasteiger partial charge on any atom is 0.147 e. The highest BCUT2D eigenvalue weighted by atomic mass is 15.2. The van der Waals surface area contributed by atoms with E-state index in [1.807, 2.05) is 12.4 Å². The molecule has 1 N–H and O–H groups in total. The first-order valence-electron chi connectivity index (χ1n) is 6.63. The van der Waals surface area contributed by atoms with Crippen molar-refractivity contribution < 1.29 is 0 Å². The summed E-state index contributed by atoms with van der Waals surface area (Å²) in [6.45, 7) is 7.24. The molecule has 2 rings (SSSR count). The number of hydrogen-bond donors (Lipinski definition) is 1. The molecule has 1 aliphatic heterocycles. The summed E-state index contributed by atoms with van der Waals surface area (Å²) in [6.07, 6.45) is 7.57. The average Bonchev–Trinajstić information content (AvgIpc) is 2.85. The molecule has 0 aliphatic carbocycles. The van der Waals surface area contributed by atoms with Crippen LogP contribution in [-0.4, -0.2) is 29.1 Å². The summed E-state index contributed by atoms with van der Waals surface area (Å²) in [6, 6.07) is 0.656. The van der Waals surface area contributed by atoms with Crippen molar-refractivity contribution in [2.24, 2.45) is 0 Å². The molecule has 4 heteroatoms. The fourth-order valence-electron chi connectivity index (χ4n) is 2.40. The molecule has 1 saturated heterocycles. The molecule has 0 aromatic carbocycles. The molecule has 1 aromatic heterocycles. The Bertz CT molecular complexity index is 336. The van der Waals surface area contributed by atoms with Gasteiger partial charge in [-0.25, -0.2) is 4.98 Å². The van der Waals surface area contributed by atoms with Gasteiger partial charge in [-0.2, -0.15) is 0 Å². The molecule has 1 fully saturated rings. The lowest BCUT2D eigenvalue weighted by molar-refractivity contribution is 0.638. The maximum atomic E-state index is 4.54. The van der Waals surface area contributed by atoms with E-state index in [4.69, 9.17) is 0 Å². The summed E-state index contributed by atoms with van der Waals surface area (Å²) in [4.78, 5) is 11.4. The lowest BCUT2D eigenvalue weighted by Gasteiger charge is -2.24. The van der Waals surface area contributed by atoms with Gasteiger partial charge in [-0.05, 0) is 25.8 Å². The van der Waals surface area contributed by atoms with E-state index < -0.39 is 0 Å². The molecular weight excluding hydrogens is 212 g/mol. The van der Waals surface area contributed by atoms with E-state index >= 15 is 0 Å². The lowest BCUT2D eigenvalue weighted by Crippen LogP contribution is -2.29. The molecular formula is C13H22N4. The zero-order chi connectivity index (χ0) is 12.1. The van der Waals surface area contributed by atoms with E-state index in [0.717, 1.165) is 31.1 Å². The minimum atomic E-state index is 0.656. The highest BCUT2D eigenvalue weighted by Crippen LogP contribution is 2.24. The van der Waals surface area contributed by atoms with Gasteiger partial charge in [0, 0.05) is 19.1 Å². The van der Waals surface area contributed by atoms with E-state index in [0.29, 0.717) is 6.04 Å². The summed E-state index contributed by atoms with van der Waals surface area (Å²) >= 11 is 0. The number of rotatable bonds is 5. The van der Waals surface area contributed by atoms with Crippen molar-refractivity contribution >= 4 is 5.82 Å². The highest BCUT2D eigenvalue weighted by Gasteiger charge is 2.23. The minimum absolute atomic E-state index is 0.656. The molecule has 4 nitrogen and oxygen atoms in total. The van der Waals surface area contributed by atoms with Gasteiger partial charge in [0.05, 0.1) is 18.1 Å². The fraction of sp³-hybridized carbons (Fsp3) is 0.692. The van der Waals surface area contributed by atoms with Gasteiger partial charge in [-0.3, -0.25) is 4.98 Å². The molecule has 1 atom stereocenters. The van der Waals surface area contributed by atoms with Crippen LogP contribution in [0.4, 0.5) is 5.82 Å². The number of nitrogens with zero attached hydrogens (tertiary/aromatic N) is 3. The van der Waals surface area contributed by atoms with E-state index in [2.05, 4.69) is 34.0 Å². The Hall–Kier alpha value is -1.16. The maximum absolute atomic E-state index is 4.54. The van der Waals surface area contributed by atoms with Crippen LogP contribution in [0.15, 0.2) is 12.4 Å². The molecule has 17 heavy (non-hydrogen) atoms. The third-order valence-corrected chi connectivity index (χ3v) is 3.39. The summed E-state index contributed by atoms with van der Waals surface area (Å²) in [7, 11) is 0. The number of aromatic nitrogens is 2. The van der Waals surface area contributed by atoms with Gasteiger partial charge in [0.2, 0.25) is 0 Å². The molecule has 0 amide bonds. The van der Waals surface area contributed by atoms with Gasteiger partial charge in [0.15, 0.2) is 0 Å². The predicted molar refractivity (Wildman–Crippen MR) is 70.1 cm³/mol. The van der Waals surface area contributed by atoms with E-state index in [1.54, 1.807) is 0 Å². The topological polar surface area (TPSA) is 41.1 Å². The van der Waals surface area contributed by atoms with Crippen LogP contribution in [0.3, 0.4) is 0 Å². The average molecular weight is 234 g/mol. The normalized spacial score (nSPS) is 19.9. The Morgan fingerprint density at radius 1 is 1.35 bits per heavy atom. The van der Waals surface area contributed by atoms with Crippen molar-refractivity contribution in [2.45, 2.75) is 45.7 Å². The molecule has 94 valence electrons. The Labute approximate surface area is 103 Å². The monoisotopic (exact) mass is 234 g/mol. The van der Waals surface area contributed by atoms with Gasteiger partial charge >= 0.3 is 0 Å². The molecule has 2 heterocycles. The molecule has 1 aromatic rings. The Morgan fingerprint density at radius 3 is 2.88 bits per heavy atom. The van der Waals surface area contributed by atoms with Gasteiger partial charge in [-0.1, -0.05) is 13.8 Å². The molecule has 0 bridgehead atoms. The first-order valence-corrected chi connectivity index (χ1v) is 6.63. The molecule has 0 spiro atoms. The quantitative estimate of drug-likeness (QED) is 0.845. The summed E-state index contributed by atoms with van der Waals surface area (Å²) in [5, 5.41) is 3.26. The number of hydrogen-bond acceptors (Lipinski definition) is 4.